The van der Waals surface area contributed by atoms with Gasteiger partial charge in [-0.15, -0.1) is 0 Å². The first-order chi connectivity index (χ1) is 9.84. The minimum Gasteiger partial charge on any atom is -0.383 e. The zero-order chi connectivity index (χ0) is 13.8. The number of hydrogen-bond donors (Lipinski definition) is 1. The van der Waals surface area contributed by atoms with Gasteiger partial charge < -0.3 is 5.32 Å². The van der Waals surface area contributed by atoms with Crippen LogP contribution in [-0.2, 0) is 0 Å². The van der Waals surface area contributed by atoms with E-state index >= 15 is 0 Å². The molecule has 1 saturated carbocycles. The van der Waals surface area contributed by atoms with Crippen LogP contribution in [-0.4, -0.2) is 30.6 Å². The van der Waals surface area contributed by atoms with Gasteiger partial charge in [0, 0.05) is 19.1 Å². The van der Waals surface area contributed by atoms with Gasteiger partial charge in [-0.05, 0) is 50.3 Å². The molecule has 1 N–H and O–H groups in total. The number of nitrogens with one attached hydrogen (secondary N) is 1. The molecule has 0 spiro atoms. The summed E-state index contributed by atoms with van der Waals surface area (Å²) in [5.41, 5.74) is 1.06. The van der Waals surface area contributed by atoms with Gasteiger partial charge in [-0.25, -0.2) is 0 Å². The lowest BCUT2D eigenvalue weighted by Gasteiger charge is -2.44. The molecule has 1 aliphatic carbocycles. The highest BCUT2D eigenvalue weighted by Crippen LogP contribution is 2.35. The summed E-state index contributed by atoms with van der Waals surface area (Å²) in [7, 11) is 0. The topological polar surface area (TPSA) is 15.3 Å². The number of fused-ring (bicyclic) bond motifs is 1. The number of benzene rings is 1. The third-order valence-corrected chi connectivity index (χ3v) is 5.28. The van der Waals surface area contributed by atoms with Crippen LogP contribution in [0.4, 0.5) is 5.69 Å². The van der Waals surface area contributed by atoms with Crippen LogP contribution in [0.5, 0.6) is 0 Å². The normalized spacial score (nSPS) is 27.1. The second kappa shape index (κ2) is 6.82. The Morgan fingerprint density at radius 2 is 1.90 bits per heavy atom. The van der Waals surface area contributed by atoms with Gasteiger partial charge in [0.2, 0.25) is 0 Å². The van der Waals surface area contributed by atoms with E-state index in [0.717, 1.165) is 35.8 Å². The van der Waals surface area contributed by atoms with Crippen molar-refractivity contribution in [3.05, 3.63) is 29.3 Å². The first kappa shape index (κ1) is 14.2. The number of hydrogen-bond acceptors (Lipinski definition) is 2. The van der Waals surface area contributed by atoms with Crippen LogP contribution >= 0.6 is 11.6 Å². The zero-order valence-electron chi connectivity index (χ0n) is 12.2. The number of para-hydroxylation sites is 1. The predicted octanol–water partition coefficient (Wildman–Crippen LogP) is 4.41. The fourth-order valence-corrected chi connectivity index (χ4v) is 4.15. The maximum atomic E-state index is 6.18. The molecular weight excluding hydrogens is 268 g/mol. The fraction of sp³-hybridized carbons (Fsp3) is 0.647. The van der Waals surface area contributed by atoms with Gasteiger partial charge >= 0.3 is 0 Å². The van der Waals surface area contributed by atoms with Crippen LogP contribution < -0.4 is 5.32 Å². The molecule has 0 radical (unpaired) electrons. The van der Waals surface area contributed by atoms with Crippen LogP contribution in [0.15, 0.2) is 24.3 Å². The van der Waals surface area contributed by atoms with Gasteiger partial charge in [0.1, 0.15) is 0 Å². The van der Waals surface area contributed by atoms with E-state index in [1.165, 1.54) is 45.1 Å². The third kappa shape index (κ3) is 3.29. The van der Waals surface area contributed by atoms with Crippen molar-refractivity contribution in [2.45, 2.75) is 44.6 Å². The summed E-state index contributed by atoms with van der Waals surface area (Å²) in [6.45, 7) is 3.42. The van der Waals surface area contributed by atoms with E-state index in [4.69, 9.17) is 11.6 Å². The van der Waals surface area contributed by atoms with E-state index in [1.54, 1.807) is 0 Å². The molecule has 20 heavy (non-hydrogen) atoms. The van der Waals surface area contributed by atoms with Crippen molar-refractivity contribution >= 4 is 17.3 Å². The molecule has 3 heteroatoms. The van der Waals surface area contributed by atoms with E-state index in [1.807, 2.05) is 18.2 Å². The number of likely N-dealkylation sites (tertiary alicyclic amines) is 1. The van der Waals surface area contributed by atoms with Crippen LogP contribution in [0.25, 0.3) is 0 Å². The molecule has 1 aromatic rings. The van der Waals surface area contributed by atoms with Crippen molar-refractivity contribution in [2.24, 2.45) is 5.92 Å². The molecule has 0 bridgehead atoms. The van der Waals surface area contributed by atoms with Crippen LogP contribution in [0, 0.1) is 5.92 Å². The molecule has 110 valence electrons. The highest BCUT2D eigenvalue weighted by atomic mass is 35.5. The summed E-state index contributed by atoms with van der Waals surface area (Å²) in [5.74, 6) is 0.970. The van der Waals surface area contributed by atoms with E-state index in [-0.39, 0.29) is 0 Å². The Morgan fingerprint density at radius 1 is 1.10 bits per heavy atom. The highest BCUT2D eigenvalue weighted by Gasteiger charge is 2.32. The molecule has 3 rings (SSSR count). The highest BCUT2D eigenvalue weighted by molar-refractivity contribution is 6.33. The lowest BCUT2D eigenvalue weighted by molar-refractivity contribution is 0.0645. The Bertz CT molecular complexity index is 433. The molecular formula is C17H25ClN2. The van der Waals surface area contributed by atoms with E-state index in [2.05, 4.69) is 16.3 Å². The number of nitrogens with zero attached hydrogens (tertiary/aromatic N) is 1. The second-order valence-electron chi connectivity index (χ2n) is 6.20. The van der Waals surface area contributed by atoms with Gasteiger partial charge in [0.25, 0.3) is 0 Å². The smallest absolute Gasteiger partial charge is 0.0637 e. The molecule has 2 nitrogen and oxygen atoms in total. The molecule has 1 heterocycles. The van der Waals surface area contributed by atoms with Crippen LogP contribution in [0.3, 0.4) is 0 Å². The van der Waals surface area contributed by atoms with E-state index in [9.17, 15) is 0 Å². The monoisotopic (exact) mass is 292 g/mol. The van der Waals surface area contributed by atoms with Crippen molar-refractivity contribution in [3.63, 3.8) is 0 Å². The SMILES string of the molecule is Clc1ccccc1NCCN1CCCC2CCCCC21. The van der Waals surface area contributed by atoms with Gasteiger partial charge in [-0.2, -0.15) is 0 Å². The minimum atomic E-state index is 0.821. The maximum absolute atomic E-state index is 6.18. The van der Waals surface area contributed by atoms with E-state index < -0.39 is 0 Å². The average molecular weight is 293 g/mol. The van der Waals surface area contributed by atoms with Crippen molar-refractivity contribution in [3.8, 4) is 0 Å². The lowest BCUT2D eigenvalue weighted by atomic mass is 9.78. The van der Waals surface area contributed by atoms with E-state index in [0.29, 0.717) is 0 Å². The second-order valence-corrected chi connectivity index (χ2v) is 6.60. The molecule has 1 saturated heterocycles. The van der Waals surface area contributed by atoms with Gasteiger partial charge in [0.05, 0.1) is 10.7 Å². The molecule has 2 fully saturated rings. The number of anilines is 1. The largest absolute Gasteiger partial charge is 0.383 e. The van der Waals surface area contributed by atoms with Crippen molar-refractivity contribution < 1.29 is 0 Å². The Kier molecular flexibility index (Phi) is 4.85. The predicted molar refractivity (Wildman–Crippen MR) is 86.5 cm³/mol. The van der Waals surface area contributed by atoms with Gasteiger partial charge in [-0.3, -0.25) is 4.90 Å². The Balaban J connectivity index is 1.51. The first-order valence-corrected chi connectivity index (χ1v) is 8.45. The summed E-state index contributed by atoms with van der Waals surface area (Å²) in [5, 5.41) is 4.30. The van der Waals surface area contributed by atoms with Crippen molar-refractivity contribution in [1.82, 2.24) is 4.90 Å². The average Bonchev–Trinajstić information content (AvgIpc) is 2.49. The quantitative estimate of drug-likeness (QED) is 0.884. The van der Waals surface area contributed by atoms with Gasteiger partial charge in [-0.1, -0.05) is 36.6 Å². The number of halogens is 1. The molecule has 1 aromatic carbocycles. The summed E-state index contributed by atoms with van der Waals surface area (Å²) in [6.07, 6.45) is 8.59. The molecule has 1 aliphatic heterocycles. The zero-order valence-corrected chi connectivity index (χ0v) is 12.9. The van der Waals surface area contributed by atoms with Crippen molar-refractivity contribution in [1.29, 1.82) is 0 Å². The lowest BCUT2D eigenvalue weighted by Crippen LogP contribution is -2.48. The number of rotatable bonds is 4. The van der Waals surface area contributed by atoms with Crippen LogP contribution in [0.1, 0.15) is 38.5 Å². The maximum Gasteiger partial charge on any atom is 0.0637 e. The summed E-state index contributed by atoms with van der Waals surface area (Å²) in [4.78, 5) is 2.72. The molecule has 0 aromatic heterocycles. The summed E-state index contributed by atoms with van der Waals surface area (Å²) >= 11 is 6.18. The Hall–Kier alpha value is -0.730. The third-order valence-electron chi connectivity index (χ3n) is 4.95. The fourth-order valence-electron chi connectivity index (χ4n) is 3.94. The summed E-state index contributed by atoms with van der Waals surface area (Å²) in [6, 6.07) is 8.87. The van der Waals surface area contributed by atoms with Gasteiger partial charge in [0.15, 0.2) is 0 Å². The van der Waals surface area contributed by atoms with Crippen molar-refractivity contribution in [2.75, 3.05) is 25.0 Å². The molecule has 2 atom stereocenters. The molecule has 2 unspecified atom stereocenters. The standard InChI is InChI=1S/C17H25ClN2/c18-15-8-2-3-9-16(15)19-11-13-20-12-5-7-14-6-1-4-10-17(14)20/h2-3,8-9,14,17,19H,1,4-7,10-13H2. The van der Waals surface area contributed by atoms with Crippen LogP contribution in [0.2, 0.25) is 5.02 Å². The Morgan fingerprint density at radius 3 is 2.80 bits per heavy atom. The first-order valence-electron chi connectivity index (χ1n) is 8.07. The molecule has 2 aliphatic rings. The molecule has 0 amide bonds. The Labute approximate surface area is 127 Å². The number of piperidine rings is 1. The minimum absolute atomic E-state index is 0.821. The summed E-state index contributed by atoms with van der Waals surface area (Å²) < 4.78 is 0.